The van der Waals surface area contributed by atoms with Crippen LogP contribution >= 0.6 is 0 Å². The molecule has 6 heteroatoms. The fourth-order valence-electron chi connectivity index (χ4n) is 3.41. The molecule has 0 saturated heterocycles. The summed E-state index contributed by atoms with van der Waals surface area (Å²) >= 11 is 0. The summed E-state index contributed by atoms with van der Waals surface area (Å²) in [5.74, 6) is 1.34. The van der Waals surface area contributed by atoms with Crippen molar-refractivity contribution in [2.75, 3.05) is 7.11 Å². The normalized spacial score (nSPS) is 15.7. The Morgan fingerprint density at radius 2 is 2.12 bits per heavy atom. The second-order valence-corrected chi connectivity index (χ2v) is 6.59. The monoisotopic (exact) mass is 333 g/mol. The fourth-order valence-corrected chi connectivity index (χ4v) is 3.41. The number of aromatic nitrogens is 4. The third kappa shape index (κ3) is 2.57. The maximum Gasteiger partial charge on any atom is 0.158 e. The van der Waals surface area contributed by atoms with Gasteiger partial charge in [0.1, 0.15) is 6.61 Å². The summed E-state index contributed by atoms with van der Waals surface area (Å²) in [6.45, 7) is 2.29. The van der Waals surface area contributed by atoms with Crippen molar-refractivity contribution < 1.29 is 4.74 Å². The molecular weight excluding hydrogens is 314 g/mol. The standard InChI is InChI=1S/C19H19N5O/c1-13-8-18(23-17(22-13)11-25-2)24-16-9-15(5-4-14(16)10-21-24)19(12-20)6-3-7-19/h4-5,8-10H,3,6-7,11H2,1-2H3. The molecule has 0 bridgehead atoms. The van der Waals surface area contributed by atoms with Crippen molar-refractivity contribution in [3.63, 3.8) is 0 Å². The molecular formula is C19H19N5O. The molecule has 3 aromatic rings. The van der Waals surface area contributed by atoms with Crippen molar-refractivity contribution >= 4 is 10.9 Å². The predicted molar refractivity (Wildman–Crippen MR) is 93.3 cm³/mol. The Morgan fingerprint density at radius 3 is 2.80 bits per heavy atom. The highest BCUT2D eigenvalue weighted by Crippen LogP contribution is 2.43. The summed E-state index contributed by atoms with van der Waals surface area (Å²) in [5, 5.41) is 15.2. The number of methoxy groups -OCH3 is 1. The second-order valence-electron chi connectivity index (χ2n) is 6.59. The Morgan fingerprint density at radius 1 is 1.28 bits per heavy atom. The summed E-state index contributed by atoms with van der Waals surface area (Å²) in [5.41, 5.74) is 2.55. The average molecular weight is 333 g/mol. The first-order valence-electron chi connectivity index (χ1n) is 8.39. The number of aryl methyl sites for hydroxylation is 1. The summed E-state index contributed by atoms with van der Waals surface area (Å²) in [6.07, 6.45) is 4.78. The van der Waals surface area contributed by atoms with E-state index in [0.29, 0.717) is 18.2 Å². The summed E-state index contributed by atoms with van der Waals surface area (Å²) in [4.78, 5) is 8.95. The zero-order valence-electron chi connectivity index (χ0n) is 14.4. The molecule has 6 nitrogen and oxygen atoms in total. The topological polar surface area (TPSA) is 76.6 Å². The molecule has 1 aliphatic rings. The van der Waals surface area contributed by atoms with E-state index in [4.69, 9.17) is 4.74 Å². The van der Waals surface area contributed by atoms with E-state index in [0.717, 1.165) is 41.4 Å². The summed E-state index contributed by atoms with van der Waals surface area (Å²) in [6, 6.07) is 10.6. The molecule has 0 aliphatic heterocycles. The molecule has 1 aromatic carbocycles. The van der Waals surface area contributed by atoms with Crippen molar-refractivity contribution in [3.05, 3.63) is 47.5 Å². The first-order chi connectivity index (χ1) is 12.1. The van der Waals surface area contributed by atoms with Gasteiger partial charge in [0.25, 0.3) is 0 Å². The van der Waals surface area contributed by atoms with E-state index in [1.165, 1.54) is 0 Å². The quantitative estimate of drug-likeness (QED) is 0.732. The van der Waals surface area contributed by atoms with E-state index in [1.807, 2.05) is 29.9 Å². The Balaban J connectivity index is 1.84. The largest absolute Gasteiger partial charge is 0.377 e. The number of nitrogens with zero attached hydrogens (tertiary/aromatic N) is 5. The van der Waals surface area contributed by atoms with Crippen LogP contribution in [0.2, 0.25) is 0 Å². The van der Waals surface area contributed by atoms with Gasteiger partial charge in [0.15, 0.2) is 11.6 Å². The van der Waals surface area contributed by atoms with Gasteiger partial charge in [0.05, 0.1) is 23.2 Å². The average Bonchev–Trinajstić information content (AvgIpc) is 2.97. The summed E-state index contributed by atoms with van der Waals surface area (Å²) < 4.78 is 6.97. The Hall–Kier alpha value is -2.78. The van der Waals surface area contributed by atoms with Crippen LogP contribution in [0.1, 0.15) is 36.3 Å². The Kier molecular flexibility index (Phi) is 3.74. The van der Waals surface area contributed by atoms with E-state index >= 15 is 0 Å². The van der Waals surface area contributed by atoms with Crippen molar-refractivity contribution in [1.82, 2.24) is 19.7 Å². The molecule has 0 unspecified atom stereocenters. The van der Waals surface area contributed by atoms with Crippen LogP contribution in [0.25, 0.3) is 16.7 Å². The van der Waals surface area contributed by atoms with Crippen LogP contribution in [0.5, 0.6) is 0 Å². The molecule has 2 heterocycles. The van der Waals surface area contributed by atoms with Gasteiger partial charge in [-0.1, -0.05) is 12.1 Å². The van der Waals surface area contributed by atoms with Crippen LogP contribution in [0.15, 0.2) is 30.5 Å². The molecule has 2 aromatic heterocycles. The molecule has 0 amide bonds. The number of hydrogen-bond donors (Lipinski definition) is 0. The van der Waals surface area contributed by atoms with E-state index < -0.39 is 0 Å². The van der Waals surface area contributed by atoms with Gasteiger partial charge in [-0.05, 0) is 37.8 Å². The minimum absolute atomic E-state index is 0.341. The van der Waals surface area contributed by atoms with Gasteiger partial charge < -0.3 is 4.74 Å². The van der Waals surface area contributed by atoms with Gasteiger partial charge in [-0.2, -0.15) is 10.4 Å². The molecule has 0 radical (unpaired) electrons. The van der Waals surface area contributed by atoms with E-state index in [-0.39, 0.29) is 5.41 Å². The highest BCUT2D eigenvalue weighted by molar-refractivity contribution is 5.81. The number of nitriles is 1. The van der Waals surface area contributed by atoms with Crippen LogP contribution in [-0.2, 0) is 16.8 Å². The molecule has 1 aliphatic carbocycles. The Bertz CT molecular complexity index is 981. The lowest BCUT2D eigenvalue weighted by molar-refractivity contribution is 0.177. The van der Waals surface area contributed by atoms with E-state index in [9.17, 15) is 5.26 Å². The highest BCUT2D eigenvalue weighted by atomic mass is 16.5. The third-order valence-electron chi connectivity index (χ3n) is 4.92. The number of hydrogen-bond acceptors (Lipinski definition) is 5. The molecule has 0 atom stereocenters. The lowest BCUT2D eigenvalue weighted by atomic mass is 9.65. The van der Waals surface area contributed by atoms with Crippen molar-refractivity contribution in [3.8, 4) is 11.9 Å². The third-order valence-corrected chi connectivity index (χ3v) is 4.92. The molecule has 1 saturated carbocycles. The number of fused-ring (bicyclic) bond motifs is 1. The van der Waals surface area contributed by atoms with E-state index in [2.05, 4.69) is 33.3 Å². The van der Waals surface area contributed by atoms with Crippen LogP contribution < -0.4 is 0 Å². The fraction of sp³-hybridized carbons (Fsp3) is 0.368. The zero-order valence-corrected chi connectivity index (χ0v) is 14.4. The van der Waals surface area contributed by atoms with E-state index in [1.54, 1.807) is 7.11 Å². The van der Waals surface area contributed by atoms with Crippen molar-refractivity contribution in [2.45, 2.75) is 38.2 Å². The number of ether oxygens (including phenoxy) is 1. The van der Waals surface area contributed by atoms with Crippen molar-refractivity contribution in [2.24, 2.45) is 0 Å². The van der Waals surface area contributed by atoms with Crippen LogP contribution in [0.4, 0.5) is 0 Å². The maximum absolute atomic E-state index is 9.62. The molecule has 126 valence electrons. The lowest BCUT2D eigenvalue weighted by Gasteiger charge is -2.35. The second kappa shape index (κ2) is 5.94. The van der Waals surface area contributed by atoms with Crippen LogP contribution in [0, 0.1) is 18.3 Å². The first-order valence-corrected chi connectivity index (χ1v) is 8.39. The van der Waals surface area contributed by atoms with Crippen LogP contribution in [0.3, 0.4) is 0 Å². The molecule has 0 N–H and O–H groups in total. The molecule has 0 spiro atoms. The van der Waals surface area contributed by atoms with Gasteiger partial charge in [0.2, 0.25) is 0 Å². The Labute approximate surface area is 146 Å². The van der Waals surface area contributed by atoms with Gasteiger partial charge in [0, 0.05) is 24.3 Å². The molecule has 1 fully saturated rings. The van der Waals surface area contributed by atoms with Gasteiger partial charge >= 0.3 is 0 Å². The zero-order chi connectivity index (χ0) is 17.4. The summed E-state index contributed by atoms with van der Waals surface area (Å²) in [7, 11) is 1.63. The number of benzene rings is 1. The maximum atomic E-state index is 9.62. The smallest absolute Gasteiger partial charge is 0.158 e. The first kappa shape index (κ1) is 15.7. The lowest BCUT2D eigenvalue weighted by Crippen LogP contribution is -2.32. The minimum Gasteiger partial charge on any atom is -0.377 e. The van der Waals surface area contributed by atoms with Gasteiger partial charge in [-0.25, -0.2) is 14.6 Å². The molecule has 25 heavy (non-hydrogen) atoms. The minimum atomic E-state index is -0.341. The SMILES string of the molecule is COCc1nc(C)cc(-n2ncc3ccc(C4(C#N)CCC4)cc32)n1. The van der Waals surface area contributed by atoms with Gasteiger partial charge in [-0.15, -0.1) is 0 Å². The van der Waals surface area contributed by atoms with Crippen LogP contribution in [-0.4, -0.2) is 26.9 Å². The van der Waals surface area contributed by atoms with Gasteiger partial charge in [-0.3, -0.25) is 0 Å². The van der Waals surface area contributed by atoms with Crippen molar-refractivity contribution in [1.29, 1.82) is 5.26 Å². The number of rotatable bonds is 4. The molecule has 4 rings (SSSR count). The predicted octanol–water partition coefficient (Wildman–Crippen LogP) is 3.22. The highest BCUT2D eigenvalue weighted by Gasteiger charge is 2.39.